The van der Waals surface area contributed by atoms with Crippen molar-refractivity contribution in [2.45, 2.75) is 37.5 Å². The standard InChI is InChI=1S/C21H21FN6O3/c1-14(29)26-12-16-13-28(20(30)31-16)15-4-5-18(17(22)10-15)27-8-6-21(25-3,7-9-27)19(11-23)24-2/h4-5,10,16,19H,6-9,12-13H2,1H3,(H,26,29)/t16-,19?/m0/s1. The number of cyclic esters (lactones) is 1. The number of carbonyl (C=O) groups excluding carboxylic acids is 2. The third-order valence-electron chi connectivity index (χ3n) is 5.65. The summed E-state index contributed by atoms with van der Waals surface area (Å²) in [6, 6.07) is 5.32. The summed E-state index contributed by atoms with van der Waals surface area (Å²) >= 11 is 0. The molecule has 1 aromatic carbocycles. The third-order valence-corrected chi connectivity index (χ3v) is 5.65. The number of hydrogen-bond acceptors (Lipinski definition) is 5. The van der Waals surface area contributed by atoms with Crippen molar-refractivity contribution >= 4 is 23.4 Å². The van der Waals surface area contributed by atoms with Crippen LogP contribution in [-0.4, -0.2) is 55.9 Å². The highest BCUT2D eigenvalue weighted by atomic mass is 19.1. The van der Waals surface area contributed by atoms with E-state index >= 15 is 0 Å². The molecule has 0 spiro atoms. The first-order valence-electron chi connectivity index (χ1n) is 9.75. The van der Waals surface area contributed by atoms with E-state index in [1.807, 2.05) is 6.07 Å². The Hall–Kier alpha value is -3.84. The van der Waals surface area contributed by atoms with E-state index in [1.165, 1.54) is 17.9 Å². The Morgan fingerprint density at radius 1 is 1.45 bits per heavy atom. The molecule has 2 fully saturated rings. The Morgan fingerprint density at radius 2 is 2.16 bits per heavy atom. The van der Waals surface area contributed by atoms with Gasteiger partial charge in [0.1, 0.15) is 11.9 Å². The van der Waals surface area contributed by atoms with Crippen molar-refractivity contribution in [2.24, 2.45) is 0 Å². The molecular weight excluding hydrogens is 403 g/mol. The Balaban J connectivity index is 1.69. The van der Waals surface area contributed by atoms with Gasteiger partial charge in [0.15, 0.2) is 6.07 Å². The fourth-order valence-corrected chi connectivity index (χ4v) is 3.87. The van der Waals surface area contributed by atoms with Gasteiger partial charge in [-0.15, -0.1) is 0 Å². The molecule has 2 aliphatic heterocycles. The molecule has 2 amide bonds. The van der Waals surface area contributed by atoms with Crippen LogP contribution in [-0.2, 0) is 9.53 Å². The molecule has 160 valence electrons. The lowest BCUT2D eigenvalue weighted by Gasteiger charge is -2.34. The predicted octanol–water partition coefficient (Wildman–Crippen LogP) is 2.36. The van der Waals surface area contributed by atoms with Crippen molar-refractivity contribution < 1.29 is 18.7 Å². The molecule has 1 unspecified atom stereocenters. The van der Waals surface area contributed by atoms with Crippen molar-refractivity contribution in [1.29, 1.82) is 5.26 Å². The number of nitrogens with one attached hydrogen (secondary N) is 1. The predicted molar refractivity (Wildman–Crippen MR) is 109 cm³/mol. The van der Waals surface area contributed by atoms with E-state index in [0.717, 1.165) is 0 Å². The maximum Gasteiger partial charge on any atom is 0.414 e. The highest BCUT2D eigenvalue weighted by molar-refractivity contribution is 5.90. The molecule has 2 aliphatic rings. The average Bonchev–Trinajstić information content (AvgIpc) is 3.14. The van der Waals surface area contributed by atoms with Crippen LogP contribution in [0.3, 0.4) is 0 Å². The monoisotopic (exact) mass is 424 g/mol. The SMILES string of the molecule is [C-]#[N+]C(C#N)C1([N+]#[C-])CCN(c2ccc(N3C[C@H](CNC(C)=O)OC3=O)cc2F)CC1. The van der Waals surface area contributed by atoms with Crippen molar-refractivity contribution in [1.82, 2.24) is 5.32 Å². The second-order valence-electron chi connectivity index (χ2n) is 7.55. The number of anilines is 2. The second kappa shape index (κ2) is 8.89. The molecule has 2 heterocycles. The van der Waals surface area contributed by atoms with Crippen LogP contribution >= 0.6 is 0 Å². The summed E-state index contributed by atoms with van der Waals surface area (Å²) in [6.07, 6.45) is -0.536. The van der Waals surface area contributed by atoms with Gasteiger partial charge in [-0.1, -0.05) is 0 Å². The number of halogens is 1. The maximum absolute atomic E-state index is 14.9. The molecule has 0 aromatic heterocycles. The molecule has 2 atom stereocenters. The summed E-state index contributed by atoms with van der Waals surface area (Å²) in [6.45, 7) is 17.1. The van der Waals surface area contributed by atoms with E-state index in [9.17, 15) is 19.2 Å². The number of amides is 2. The number of nitrogens with zero attached hydrogens (tertiary/aromatic N) is 5. The fourth-order valence-electron chi connectivity index (χ4n) is 3.87. The number of carbonyl (C=O) groups is 2. The van der Waals surface area contributed by atoms with Crippen molar-refractivity contribution in [3.05, 3.63) is 46.9 Å². The first-order valence-corrected chi connectivity index (χ1v) is 9.75. The summed E-state index contributed by atoms with van der Waals surface area (Å²) in [4.78, 5) is 33.1. The van der Waals surface area contributed by atoms with Gasteiger partial charge in [-0.05, 0) is 18.2 Å². The zero-order chi connectivity index (χ0) is 22.6. The molecule has 0 radical (unpaired) electrons. The van der Waals surface area contributed by atoms with Crippen LogP contribution < -0.4 is 15.1 Å². The van der Waals surface area contributed by atoms with E-state index in [4.69, 9.17) is 17.9 Å². The number of benzene rings is 1. The van der Waals surface area contributed by atoms with Crippen LogP contribution in [0.4, 0.5) is 20.6 Å². The quantitative estimate of drug-likeness (QED) is 0.733. The normalized spacial score (nSPS) is 20.7. The van der Waals surface area contributed by atoms with E-state index in [0.29, 0.717) is 37.3 Å². The molecule has 0 bridgehead atoms. The number of hydrogen-bond donors (Lipinski definition) is 1. The minimum absolute atomic E-state index is 0.184. The molecule has 9 nitrogen and oxygen atoms in total. The number of rotatable bonds is 5. The zero-order valence-electron chi connectivity index (χ0n) is 17.0. The Kier molecular flexibility index (Phi) is 6.27. The van der Waals surface area contributed by atoms with Gasteiger partial charge >= 0.3 is 17.7 Å². The average molecular weight is 424 g/mol. The number of piperidine rings is 1. The summed E-state index contributed by atoms with van der Waals surface area (Å²) < 4.78 is 20.1. The summed E-state index contributed by atoms with van der Waals surface area (Å²) in [7, 11) is 0. The molecule has 10 heteroatoms. The largest absolute Gasteiger partial charge is 0.442 e. The minimum atomic E-state index is -1.06. The Morgan fingerprint density at radius 3 is 2.71 bits per heavy atom. The molecule has 0 saturated carbocycles. The van der Waals surface area contributed by atoms with Crippen LogP contribution in [0.2, 0.25) is 0 Å². The van der Waals surface area contributed by atoms with Crippen LogP contribution in [0.1, 0.15) is 19.8 Å². The van der Waals surface area contributed by atoms with Crippen LogP contribution in [0, 0.1) is 30.3 Å². The van der Waals surface area contributed by atoms with E-state index < -0.39 is 29.6 Å². The first-order chi connectivity index (χ1) is 14.8. The smallest absolute Gasteiger partial charge is 0.414 e. The number of ether oxygens (including phenoxy) is 1. The Labute approximate surface area is 179 Å². The van der Waals surface area contributed by atoms with E-state index in [2.05, 4.69) is 15.0 Å². The lowest BCUT2D eigenvalue weighted by atomic mass is 9.82. The third kappa shape index (κ3) is 4.36. The molecule has 3 rings (SSSR count). The fraction of sp³-hybridized carbons (Fsp3) is 0.476. The van der Waals surface area contributed by atoms with Gasteiger partial charge in [-0.2, -0.15) is 5.26 Å². The van der Waals surface area contributed by atoms with Gasteiger partial charge in [0.25, 0.3) is 0 Å². The van der Waals surface area contributed by atoms with Crippen molar-refractivity contribution in [2.75, 3.05) is 36.0 Å². The van der Waals surface area contributed by atoms with Crippen LogP contribution in [0.15, 0.2) is 18.2 Å². The summed E-state index contributed by atoms with van der Waals surface area (Å²) in [5, 5.41) is 11.8. The van der Waals surface area contributed by atoms with E-state index in [1.54, 1.807) is 17.0 Å². The van der Waals surface area contributed by atoms with Gasteiger partial charge in [-0.25, -0.2) is 22.3 Å². The molecule has 2 saturated heterocycles. The topological polar surface area (TPSA) is 94.4 Å². The van der Waals surface area contributed by atoms with Gasteiger partial charge in [-0.3, -0.25) is 14.5 Å². The Bertz CT molecular complexity index is 986. The maximum atomic E-state index is 14.9. The zero-order valence-corrected chi connectivity index (χ0v) is 17.0. The van der Waals surface area contributed by atoms with Crippen LogP contribution in [0.25, 0.3) is 9.69 Å². The van der Waals surface area contributed by atoms with Gasteiger partial charge in [0.2, 0.25) is 5.91 Å². The molecular formula is C21H21FN6O3. The highest BCUT2D eigenvalue weighted by Crippen LogP contribution is 2.35. The van der Waals surface area contributed by atoms with Crippen LogP contribution in [0.5, 0.6) is 0 Å². The lowest BCUT2D eigenvalue weighted by Crippen LogP contribution is -2.48. The van der Waals surface area contributed by atoms with Gasteiger partial charge in [0, 0.05) is 20.0 Å². The van der Waals surface area contributed by atoms with E-state index in [-0.39, 0.29) is 19.0 Å². The highest BCUT2D eigenvalue weighted by Gasteiger charge is 2.53. The van der Waals surface area contributed by atoms with Crippen molar-refractivity contribution in [3.63, 3.8) is 0 Å². The second-order valence-corrected chi connectivity index (χ2v) is 7.55. The van der Waals surface area contributed by atoms with Gasteiger partial charge in [0.05, 0.1) is 37.3 Å². The lowest BCUT2D eigenvalue weighted by molar-refractivity contribution is -0.119. The molecule has 0 aliphatic carbocycles. The van der Waals surface area contributed by atoms with Gasteiger partial charge < -0.3 is 19.8 Å². The molecule has 1 N–H and O–H groups in total. The minimum Gasteiger partial charge on any atom is -0.442 e. The first kappa shape index (κ1) is 21.9. The summed E-state index contributed by atoms with van der Waals surface area (Å²) in [5.41, 5.74) is -0.381. The molecule has 1 aromatic rings. The number of nitriles is 1. The van der Waals surface area contributed by atoms with Crippen molar-refractivity contribution in [3.8, 4) is 6.07 Å². The summed E-state index contributed by atoms with van der Waals surface area (Å²) in [5.74, 6) is -0.751. The molecule has 31 heavy (non-hydrogen) atoms.